The maximum absolute atomic E-state index is 6.98. The Morgan fingerprint density at radius 1 is 0.230 bits per heavy atom. The van der Waals surface area contributed by atoms with Crippen molar-refractivity contribution in [3.05, 3.63) is 224 Å². The van der Waals surface area contributed by atoms with Gasteiger partial charge in [-0.1, -0.05) is 206 Å². The molecule has 0 atom stereocenters. The molecule has 0 aliphatic carbocycles. The summed E-state index contributed by atoms with van der Waals surface area (Å²) in [6, 6.07) is 78.1. The molecule has 0 fully saturated rings. The summed E-state index contributed by atoms with van der Waals surface area (Å²) in [6.07, 6.45) is 0. The minimum absolute atomic E-state index is 0.591. The van der Waals surface area contributed by atoms with Crippen LogP contribution in [0.2, 0.25) is 0 Å². The van der Waals surface area contributed by atoms with Crippen LogP contribution >= 0.6 is 0 Å². The molecule has 286 valence electrons. The van der Waals surface area contributed by atoms with Crippen molar-refractivity contribution in [2.24, 2.45) is 0 Å². The van der Waals surface area contributed by atoms with Crippen molar-refractivity contribution in [3.8, 4) is 89.8 Å². The second-order valence-corrected chi connectivity index (χ2v) is 15.2. The number of benzene rings is 9. The predicted octanol–water partition coefficient (Wildman–Crippen LogP) is 15.1. The van der Waals surface area contributed by atoms with E-state index in [1.165, 1.54) is 11.1 Å². The van der Waals surface area contributed by atoms with Crippen molar-refractivity contribution in [3.63, 3.8) is 0 Å². The van der Waals surface area contributed by atoms with Gasteiger partial charge in [0.2, 0.25) is 0 Å². The zero-order valence-electron chi connectivity index (χ0n) is 33.1. The quantitative estimate of drug-likeness (QED) is 0.154. The Balaban J connectivity index is 1.06. The van der Waals surface area contributed by atoms with Crippen molar-refractivity contribution >= 4 is 21.9 Å². The van der Waals surface area contributed by atoms with Gasteiger partial charge in [-0.3, -0.25) is 0 Å². The molecule has 0 radical (unpaired) electrons. The second-order valence-electron chi connectivity index (χ2n) is 15.2. The van der Waals surface area contributed by atoms with Gasteiger partial charge in [-0.25, -0.2) is 15.0 Å². The van der Waals surface area contributed by atoms with E-state index in [1.807, 2.05) is 48.5 Å². The fourth-order valence-corrected chi connectivity index (χ4v) is 8.25. The third kappa shape index (κ3) is 6.96. The van der Waals surface area contributed by atoms with Gasteiger partial charge in [0.25, 0.3) is 0 Å². The van der Waals surface area contributed by atoms with E-state index < -0.39 is 0 Å². The van der Waals surface area contributed by atoms with E-state index in [2.05, 4.69) is 176 Å². The van der Waals surface area contributed by atoms with Gasteiger partial charge in [-0.05, 0) is 62.7 Å². The molecule has 9 aromatic carbocycles. The summed E-state index contributed by atoms with van der Waals surface area (Å²) in [4.78, 5) is 15.4. The maximum atomic E-state index is 6.98. The number of nitrogens with zero attached hydrogens (tertiary/aromatic N) is 3. The molecule has 2 aromatic heterocycles. The first kappa shape index (κ1) is 35.9. The van der Waals surface area contributed by atoms with Gasteiger partial charge < -0.3 is 4.42 Å². The average molecular weight is 780 g/mol. The molecular formula is C57H37N3O. The van der Waals surface area contributed by atoms with Crippen LogP contribution in [-0.2, 0) is 0 Å². The molecule has 0 saturated carbocycles. The highest BCUT2D eigenvalue weighted by Crippen LogP contribution is 2.42. The number of para-hydroxylation sites is 2. The third-order valence-electron chi connectivity index (χ3n) is 11.4. The summed E-state index contributed by atoms with van der Waals surface area (Å²) >= 11 is 0. The van der Waals surface area contributed by atoms with Gasteiger partial charge in [0, 0.05) is 38.6 Å². The van der Waals surface area contributed by atoms with Gasteiger partial charge in [0.05, 0.1) is 0 Å². The minimum Gasteiger partial charge on any atom is -0.455 e. The van der Waals surface area contributed by atoms with Gasteiger partial charge in [0.1, 0.15) is 11.2 Å². The van der Waals surface area contributed by atoms with Gasteiger partial charge in [-0.15, -0.1) is 0 Å². The molecule has 0 bridgehead atoms. The molecule has 11 rings (SSSR count). The summed E-state index contributed by atoms with van der Waals surface area (Å²) in [5.74, 6) is 1.81. The summed E-state index contributed by atoms with van der Waals surface area (Å²) in [5, 5.41) is 2.14. The fourth-order valence-electron chi connectivity index (χ4n) is 8.25. The van der Waals surface area contributed by atoms with Crippen LogP contribution in [0.3, 0.4) is 0 Å². The molecule has 61 heavy (non-hydrogen) atoms. The lowest BCUT2D eigenvalue weighted by molar-refractivity contribution is 0.671. The SMILES string of the molecule is c1ccc(-c2ccc(-c3nc(-c4ccccc4)nc(-c4cc(-c5ccccc5)cc(-c5cccc6c5oc5c(-c7ccc(-c8ccccc8)cc7)cccc56)c4)n3)cc2)cc1. The first-order chi connectivity index (χ1) is 30.2. The molecule has 0 aliphatic heterocycles. The fraction of sp³-hybridized carbons (Fsp3) is 0. The van der Waals surface area contributed by atoms with Crippen LogP contribution < -0.4 is 0 Å². The highest BCUT2D eigenvalue weighted by Gasteiger charge is 2.19. The number of aromatic nitrogens is 3. The van der Waals surface area contributed by atoms with Gasteiger partial charge in [0.15, 0.2) is 17.5 Å². The zero-order chi connectivity index (χ0) is 40.5. The molecule has 4 heteroatoms. The van der Waals surface area contributed by atoms with Crippen LogP contribution in [0.25, 0.3) is 112 Å². The molecule has 0 spiro atoms. The molecular weight excluding hydrogens is 743 g/mol. The topological polar surface area (TPSA) is 51.8 Å². The standard InChI is InChI=1S/C57H37N3O/c1-5-15-38(16-6-1)41-27-31-43(32-28-41)49-23-13-25-51-52-26-14-24-50(54(52)61-53(49)51)47-35-46(40-19-9-3-10-20-40)36-48(37-47)57-59-55(44-21-11-4-12-22-44)58-56(60-57)45-33-29-42(30-34-45)39-17-7-2-8-18-39/h1-37H. The third-order valence-corrected chi connectivity index (χ3v) is 11.4. The number of hydrogen-bond donors (Lipinski definition) is 0. The molecule has 0 saturated heterocycles. The molecule has 0 amide bonds. The van der Waals surface area contributed by atoms with Crippen molar-refractivity contribution in [1.82, 2.24) is 15.0 Å². The zero-order valence-corrected chi connectivity index (χ0v) is 33.1. The van der Waals surface area contributed by atoms with Crippen LogP contribution in [-0.4, -0.2) is 15.0 Å². The molecule has 0 N–H and O–H groups in total. The Hall–Kier alpha value is -8.21. The van der Waals surface area contributed by atoms with Crippen LogP contribution in [0.1, 0.15) is 0 Å². The Kier molecular flexibility index (Phi) is 9.14. The lowest BCUT2D eigenvalue weighted by Crippen LogP contribution is -2.00. The maximum Gasteiger partial charge on any atom is 0.164 e. The van der Waals surface area contributed by atoms with E-state index in [1.54, 1.807) is 0 Å². The Labute approximate surface area is 354 Å². The normalized spacial score (nSPS) is 11.3. The predicted molar refractivity (Wildman–Crippen MR) is 251 cm³/mol. The molecule has 4 nitrogen and oxygen atoms in total. The number of furan rings is 1. The number of rotatable bonds is 8. The molecule has 0 aliphatic rings. The second kappa shape index (κ2) is 15.5. The molecule has 11 aromatic rings. The average Bonchev–Trinajstić information content (AvgIpc) is 3.74. The molecule has 0 unspecified atom stereocenters. The lowest BCUT2D eigenvalue weighted by Gasteiger charge is -2.13. The number of hydrogen-bond acceptors (Lipinski definition) is 4. The van der Waals surface area contributed by atoms with Crippen molar-refractivity contribution in [2.75, 3.05) is 0 Å². The number of fused-ring (bicyclic) bond motifs is 3. The summed E-state index contributed by atoms with van der Waals surface area (Å²) in [5.41, 5.74) is 15.4. The van der Waals surface area contributed by atoms with Crippen LogP contribution in [0.15, 0.2) is 229 Å². The summed E-state index contributed by atoms with van der Waals surface area (Å²) in [6.45, 7) is 0. The van der Waals surface area contributed by atoms with Crippen molar-refractivity contribution in [1.29, 1.82) is 0 Å². The Bertz CT molecular complexity index is 3310. The van der Waals surface area contributed by atoms with Crippen LogP contribution in [0.5, 0.6) is 0 Å². The highest BCUT2D eigenvalue weighted by atomic mass is 16.3. The summed E-state index contributed by atoms with van der Waals surface area (Å²) in [7, 11) is 0. The van der Waals surface area contributed by atoms with Gasteiger partial charge in [-0.2, -0.15) is 0 Å². The first-order valence-corrected chi connectivity index (χ1v) is 20.5. The van der Waals surface area contributed by atoms with E-state index in [4.69, 9.17) is 19.4 Å². The minimum atomic E-state index is 0.591. The largest absolute Gasteiger partial charge is 0.455 e. The van der Waals surface area contributed by atoms with E-state index >= 15 is 0 Å². The van der Waals surface area contributed by atoms with Gasteiger partial charge >= 0.3 is 0 Å². The summed E-state index contributed by atoms with van der Waals surface area (Å²) < 4.78 is 6.98. The smallest absolute Gasteiger partial charge is 0.164 e. The Morgan fingerprint density at radius 2 is 0.557 bits per heavy atom. The van der Waals surface area contributed by atoms with E-state index in [9.17, 15) is 0 Å². The monoisotopic (exact) mass is 779 g/mol. The van der Waals surface area contributed by atoms with Crippen LogP contribution in [0.4, 0.5) is 0 Å². The highest BCUT2D eigenvalue weighted by molar-refractivity contribution is 6.13. The van der Waals surface area contributed by atoms with E-state index in [-0.39, 0.29) is 0 Å². The van der Waals surface area contributed by atoms with Crippen molar-refractivity contribution in [2.45, 2.75) is 0 Å². The Morgan fingerprint density at radius 3 is 1.05 bits per heavy atom. The van der Waals surface area contributed by atoms with Crippen molar-refractivity contribution < 1.29 is 4.42 Å². The first-order valence-electron chi connectivity index (χ1n) is 20.5. The van der Waals surface area contributed by atoms with Crippen LogP contribution in [0, 0.1) is 0 Å². The van der Waals surface area contributed by atoms with E-state index in [0.29, 0.717) is 17.5 Å². The molecule has 2 heterocycles. The lowest BCUT2D eigenvalue weighted by atomic mass is 9.94. The van der Waals surface area contributed by atoms with E-state index in [0.717, 1.165) is 83.1 Å².